The minimum Gasteiger partial charge on any atom is -0.370 e. The molecule has 1 heterocycles. The predicted octanol–water partition coefficient (Wildman–Crippen LogP) is 2.07. The third kappa shape index (κ3) is 3.45. The van der Waals surface area contributed by atoms with Gasteiger partial charge in [0.05, 0.1) is 0 Å². The van der Waals surface area contributed by atoms with Crippen molar-refractivity contribution in [1.29, 1.82) is 0 Å². The molecule has 0 amide bonds. The highest BCUT2D eigenvalue weighted by Crippen LogP contribution is 2.22. The van der Waals surface area contributed by atoms with Gasteiger partial charge in [0, 0.05) is 30.9 Å². The lowest BCUT2D eigenvalue weighted by atomic mass is 10.1. The monoisotopic (exact) mass is 265 g/mol. The summed E-state index contributed by atoms with van der Waals surface area (Å²) in [6.07, 6.45) is 2.07. The highest BCUT2D eigenvalue weighted by molar-refractivity contribution is 5.46. The van der Waals surface area contributed by atoms with Gasteiger partial charge in [0.2, 0.25) is 0 Å². The molecule has 2 rings (SSSR count). The third-order valence-corrected chi connectivity index (χ3v) is 4.19. The van der Waals surface area contributed by atoms with Crippen LogP contribution in [-0.2, 0) is 0 Å². The highest BCUT2D eigenvalue weighted by Gasteiger charge is 2.26. The molecule has 1 saturated heterocycles. The van der Waals surface area contributed by atoms with E-state index in [0.29, 0.717) is 18.6 Å². The van der Waals surface area contributed by atoms with Crippen LogP contribution >= 0.6 is 0 Å². The van der Waals surface area contributed by atoms with Crippen molar-refractivity contribution in [3.8, 4) is 0 Å². The number of nitrogens with zero attached hydrogens (tertiary/aromatic N) is 2. The van der Waals surface area contributed by atoms with Gasteiger partial charge in [-0.15, -0.1) is 0 Å². The summed E-state index contributed by atoms with van der Waals surface area (Å²) in [5.41, 5.74) is 6.70. The summed E-state index contributed by atoms with van der Waals surface area (Å²) < 4.78 is 13.4. The Bertz CT molecular complexity index is 410. The van der Waals surface area contributed by atoms with Crippen LogP contribution in [0.2, 0.25) is 0 Å². The van der Waals surface area contributed by atoms with E-state index < -0.39 is 0 Å². The van der Waals surface area contributed by atoms with Gasteiger partial charge in [-0.3, -0.25) is 4.90 Å². The number of anilines is 1. The zero-order chi connectivity index (χ0) is 13.8. The lowest BCUT2D eigenvalue weighted by molar-refractivity contribution is 0.190. The Hall–Kier alpha value is -1.13. The molecule has 0 aromatic heterocycles. The number of benzene rings is 1. The molecule has 0 aliphatic carbocycles. The van der Waals surface area contributed by atoms with Crippen molar-refractivity contribution >= 4 is 5.69 Å². The van der Waals surface area contributed by atoms with Gasteiger partial charge in [-0.1, -0.05) is 6.07 Å². The first-order valence-electron chi connectivity index (χ1n) is 7.04. The van der Waals surface area contributed by atoms with Crippen molar-refractivity contribution in [2.75, 3.05) is 31.6 Å². The zero-order valence-electron chi connectivity index (χ0n) is 11.8. The minimum atomic E-state index is -0.168. The molecule has 0 radical (unpaired) electrons. The van der Waals surface area contributed by atoms with Gasteiger partial charge in [0.15, 0.2) is 0 Å². The molecule has 3 nitrogen and oxygen atoms in total. The molecule has 2 atom stereocenters. The SMILES string of the molecule is CC1CCN(c2cccc(F)c2)CC(CCN)N1C. The Morgan fingerprint density at radius 1 is 1.42 bits per heavy atom. The fraction of sp³-hybridized carbons (Fsp3) is 0.600. The lowest BCUT2D eigenvalue weighted by Crippen LogP contribution is -2.42. The first-order chi connectivity index (χ1) is 9.11. The quantitative estimate of drug-likeness (QED) is 0.908. The summed E-state index contributed by atoms with van der Waals surface area (Å²) in [5, 5.41) is 0. The van der Waals surface area contributed by atoms with Gasteiger partial charge < -0.3 is 10.6 Å². The average Bonchev–Trinajstić information content (AvgIpc) is 2.53. The molecule has 1 aromatic carbocycles. The van der Waals surface area contributed by atoms with Crippen molar-refractivity contribution in [2.45, 2.75) is 31.8 Å². The standard InChI is InChI=1S/C15H24FN3/c1-12-7-9-19(11-15(6-8-17)18(12)2)14-5-3-4-13(16)10-14/h3-5,10,12,15H,6-9,11,17H2,1-2H3. The Balaban J connectivity index is 2.17. The maximum absolute atomic E-state index is 13.4. The van der Waals surface area contributed by atoms with Crippen molar-refractivity contribution in [3.63, 3.8) is 0 Å². The van der Waals surface area contributed by atoms with Gasteiger partial charge in [-0.25, -0.2) is 4.39 Å². The topological polar surface area (TPSA) is 32.5 Å². The third-order valence-electron chi connectivity index (χ3n) is 4.19. The van der Waals surface area contributed by atoms with E-state index in [0.717, 1.165) is 31.6 Å². The van der Waals surface area contributed by atoms with Crippen LogP contribution in [-0.4, -0.2) is 43.7 Å². The van der Waals surface area contributed by atoms with Crippen LogP contribution in [0.25, 0.3) is 0 Å². The number of hydrogen-bond acceptors (Lipinski definition) is 3. The maximum Gasteiger partial charge on any atom is 0.125 e. The first-order valence-corrected chi connectivity index (χ1v) is 7.04. The molecule has 19 heavy (non-hydrogen) atoms. The number of rotatable bonds is 3. The molecule has 0 spiro atoms. The molecule has 0 saturated carbocycles. The highest BCUT2D eigenvalue weighted by atomic mass is 19.1. The van der Waals surface area contributed by atoms with E-state index >= 15 is 0 Å². The van der Waals surface area contributed by atoms with Gasteiger partial charge in [0.1, 0.15) is 5.82 Å². The summed E-state index contributed by atoms with van der Waals surface area (Å²) in [5.74, 6) is -0.168. The fourth-order valence-electron chi connectivity index (χ4n) is 2.78. The molecule has 106 valence electrons. The number of halogens is 1. The number of likely N-dealkylation sites (N-methyl/N-ethyl adjacent to an activating group) is 1. The van der Waals surface area contributed by atoms with E-state index in [1.165, 1.54) is 6.07 Å². The lowest BCUT2D eigenvalue weighted by Gasteiger charge is -2.32. The van der Waals surface area contributed by atoms with Crippen molar-refractivity contribution < 1.29 is 4.39 Å². The van der Waals surface area contributed by atoms with Gasteiger partial charge in [-0.05, 0) is 51.6 Å². The molecule has 2 unspecified atom stereocenters. The molecule has 2 N–H and O–H groups in total. The second-order valence-electron chi connectivity index (χ2n) is 5.46. The summed E-state index contributed by atoms with van der Waals surface area (Å²) in [4.78, 5) is 4.69. The number of nitrogens with two attached hydrogens (primary N) is 1. The minimum absolute atomic E-state index is 0.168. The van der Waals surface area contributed by atoms with Crippen molar-refractivity contribution in [3.05, 3.63) is 30.1 Å². The molecular formula is C15H24FN3. The largest absolute Gasteiger partial charge is 0.370 e. The summed E-state index contributed by atoms with van der Waals surface area (Å²) >= 11 is 0. The van der Waals surface area contributed by atoms with Gasteiger partial charge >= 0.3 is 0 Å². The molecule has 1 fully saturated rings. The summed E-state index contributed by atoms with van der Waals surface area (Å²) in [6.45, 7) is 4.83. The Morgan fingerprint density at radius 3 is 2.89 bits per heavy atom. The molecule has 4 heteroatoms. The van der Waals surface area contributed by atoms with Crippen LogP contribution in [0.15, 0.2) is 24.3 Å². The molecular weight excluding hydrogens is 241 g/mol. The van der Waals surface area contributed by atoms with Crippen LogP contribution in [0.1, 0.15) is 19.8 Å². The molecule has 1 aliphatic rings. The van der Waals surface area contributed by atoms with Gasteiger partial charge in [-0.2, -0.15) is 0 Å². The van der Waals surface area contributed by atoms with E-state index in [4.69, 9.17) is 5.73 Å². The fourth-order valence-corrected chi connectivity index (χ4v) is 2.78. The Morgan fingerprint density at radius 2 is 2.21 bits per heavy atom. The van der Waals surface area contributed by atoms with Gasteiger partial charge in [0.25, 0.3) is 0 Å². The smallest absolute Gasteiger partial charge is 0.125 e. The first kappa shape index (κ1) is 14.3. The summed E-state index contributed by atoms with van der Waals surface area (Å²) in [6, 6.07) is 7.85. The van der Waals surface area contributed by atoms with E-state index in [1.807, 2.05) is 6.07 Å². The average molecular weight is 265 g/mol. The molecule has 1 aromatic rings. The Labute approximate surface area is 115 Å². The van der Waals surface area contributed by atoms with Crippen LogP contribution < -0.4 is 10.6 Å². The van der Waals surface area contributed by atoms with Crippen LogP contribution in [0.3, 0.4) is 0 Å². The van der Waals surface area contributed by atoms with Crippen LogP contribution in [0, 0.1) is 5.82 Å². The molecule has 1 aliphatic heterocycles. The van der Waals surface area contributed by atoms with E-state index in [1.54, 1.807) is 12.1 Å². The van der Waals surface area contributed by atoms with Crippen LogP contribution in [0.5, 0.6) is 0 Å². The normalized spacial score (nSPS) is 25.4. The van der Waals surface area contributed by atoms with Crippen molar-refractivity contribution in [2.24, 2.45) is 5.73 Å². The van der Waals surface area contributed by atoms with E-state index in [2.05, 4.69) is 23.8 Å². The van der Waals surface area contributed by atoms with E-state index in [9.17, 15) is 4.39 Å². The zero-order valence-corrected chi connectivity index (χ0v) is 11.8. The Kier molecular flexibility index (Phi) is 4.77. The number of hydrogen-bond donors (Lipinski definition) is 1. The maximum atomic E-state index is 13.4. The second-order valence-corrected chi connectivity index (χ2v) is 5.46. The van der Waals surface area contributed by atoms with Crippen molar-refractivity contribution in [1.82, 2.24) is 4.90 Å². The summed E-state index contributed by atoms with van der Waals surface area (Å²) in [7, 11) is 2.17. The van der Waals surface area contributed by atoms with Crippen LogP contribution in [0.4, 0.5) is 10.1 Å². The predicted molar refractivity (Wildman–Crippen MR) is 77.9 cm³/mol. The second kappa shape index (κ2) is 6.35. The molecule has 0 bridgehead atoms. The van der Waals surface area contributed by atoms with E-state index in [-0.39, 0.29) is 5.82 Å².